The van der Waals surface area contributed by atoms with Crippen LogP contribution in [0.2, 0.25) is 0 Å². The van der Waals surface area contributed by atoms with Gasteiger partial charge in [-0.2, -0.15) is 0 Å². The van der Waals surface area contributed by atoms with Crippen LogP contribution in [0, 0.1) is 6.92 Å². The van der Waals surface area contributed by atoms with Crippen molar-refractivity contribution < 1.29 is 24.3 Å². The summed E-state index contributed by atoms with van der Waals surface area (Å²) < 4.78 is 1.10. The number of nitrogens with zero attached hydrogens (tertiary/aromatic N) is 2. The standard InChI is InChI=1S/C22H33N5O7/c1-14(21(32)33)9-18(29)24-8-6-5-7-17(23-4)12-26(11-16(3)28)19(30)13-27-10-15(2)20(31)25-22(27)34/h9-10,17,23H,5-8,11-13H2,1-4H3,(H,24,29)(H,32,33)(H,25,31,34)/b14-9+. The van der Waals surface area contributed by atoms with E-state index in [0.717, 1.165) is 10.6 Å². The highest BCUT2D eigenvalue weighted by molar-refractivity contribution is 5.97. The Morgan fingerprint density at radius 1 is 1.21 bits per heavy atom. The van der Waals surface area contributed by atoms with E-state index in [0.29, 0.717) is 31.4 Å². The SMILES string of the molecule is CNC(CCCCNC(=O)/C=C(\C)C(=O)O)CN(CC(C)=O)C(=O)Cn1cc(C)c(=O)[nH]c1=O. The summed E-state index contributed by atoms with van der Waals surface area (Å²) >= 11 is 0. The lowest BCUT2D eigenvalue weighted by atomic mass is 10.1. The van der Waals surface area contributed by atoms with E-state index in [-0.39, 0.29) is 37.0 Å². The van der Waals surface area contributed by atoms with E-state index < -0.39 is 29.0 Å². The first-order valence-corrected chi connectivity index (χ1v) is 10.9. The summed E-state index contributed by atoms with van der Waals surface area (Å²) in [5.41, 5.74) is -0.984. The molecule has 0 aliphatic rings. The molecule has 0 aromatic carbocycles. The van der Waals surface area contributed by atoms with Crippen LogP contribution in [0.25, 0.3) is 0 Å². The molecule has 0 fully saturated rings. The highest BCUT2D eigenvalue weighted by Crippen LogP contribution is 2.05. The van der Waals surface area contributed by atoms with Gasteiger partial charge in [-0.1, -0.05) is 6.42 Å². The van der Waals surface area contributed by atoms with Gasteiger partial charge < -0.3 is 20.6 Å². The lowest BCUT2D eigenvalue weighted by molar-refractivity contribution is -0.135. The van der Waals surface area contributed by atoms with Gasteiger partial charge in [0.15, 0.2) is 0 Å². The van der Waals surface area contributed by atoms with E-state index in [1.807, 2.05) is 0 Å². The number of aromatic amines is 1. The molecule has 12 nitrogen and oxygen atoms in total. The average Bonchev–Trinajstić information content (AvgIpc) is 2.75. The third-order valence-electron chi connectivity index (χ3n) is 5.07. The molecule has 1 aromatic rings. The number of carbonyl (C=O) groups excluding carboxylic acids is 3. The van der Waals surface area contributed by atoms with Crippen molar-refractivity contribution in [1.82, 2.24) is 25.1 Å². The number of Topliss-reactive ketones (excluding diaryl/α,β-unsaturated/α-hetero) is 1. The first kappa shape index (κ1) is 28.5. The highest BCUT2D eigenvalue weighted by Gasteiger charge is 2.20. The molecule has 12 heteroatoms. The van der Waals surface area contributed by atoms with Gasteiger partial charge in [-0.3, -0.25) is 28.7 Å². The Morgan fingerprint density at radius 3 is 2.47 bits per heavy atom. The maximum absolute atomic E-state index is 12.8. The quantitative estimate of drug-likeness (QED) is 0.198. The first-order chi connectivity index (χ1) is 15.9. The number of hydrogen-bond acceptors (Lipinski definition) is 7. The zero-order valence-electron chi connectivity index (χ0n) is 20.0. The topological polar surface area (TPSA) is 171 Å². The van der Waals surface area contributed by atoms with Crippen molar-refractivity contribution >= 4 is 23.6 Å². The summed E-state index contributed by atoms with van der Waals surface area (Å²) in [5, 5.41) is 14.5. The van der Waals surface area contributed by atoms with Crippen molar-refractivity contribution in [3.63, 3.8) is 0 Å². The van der Waals surface area contributed by atoms with Crippen LogP contribution in [0.15, 0.2) is 27.4 Å². The Hall–Kier alpha value is -3.54. The molecule has 4 N–H and O–H groups in total. The average molecular weight is 480 g/mol. The lowest BCUT2D eigenvalue weighted by Gasteiger charge is -2.27. The second-order valence-corrected chi connectivity index (χ2v) is 8.08. The van der Waals surface area contributed by atoms with Crippen LogP contribution in [0.3, 0.4) is 0 Å². The Labute approximate surface area is 197 Å². The number of unbranched alkanes of at least 4 members (excludes halogenated alkanes) is 1. The minimum absolute atomic E-state index is 0.0535. The molecule has 1 unspecified atom stereocenters. The second-order valence-electron chi connectivity index (χ2n) is 8.08. The second kappa shape index (κ2) is 13.9. The summed E-state index contributed by atoms with van der Waals surface area (Å²) in [7, 11) is 1.73. The van der Waals surface area contributed by atoms with Crippen LogP contribution in [0.4, 0.5) is 0 Å². The molecular formula is C22H33N5O7. The summed E-state index contributed by atoms with van der Waals surface area (Å²) in [6.45, 7) is 4.41. The van der Waals surface area contributed by atoms with Gasteiger partial charge in [-0.05, 0) is 40.7 Å². The Balaban J connectivity index is 2.66. The minimum atomic E-state index is -1.16. The molecule has 0 aliphatic heterocycles. The third-order valence-corrected chi connectivity index (χ3v) is 5.07. The smallest absolute Gasteiger partial charge is 0.331 e. The summed E-state index contributed by atoms with van der Waals surface area (Å²) in [4.78, 5) is 74.0. The van der Waals surface area contributed by atoms with Crippen molar-refractivity contribution in [2.24, 2.45) is 0 Å². The molecular weight excluding hydrogens is 446 g/mol. The van der Waals surface area contributed by atoms with Crippen molar-refractivity contribution in [2.75, 3.05) is 26.7 Å². The van der Waals surface area contributed by atoms with Gasteiger partial charge in [-0.25, -0.2) is 9.59 Å². The van der Waals surface area contributed by atoms with Crippen LogP contribution in [0.5, 0.6) is 0 Å². The van der Waals surface area contributed by atoms with Gasteiger partial charge in [0, 0.05) is 42.5 Å². The fourth-order valence-corrected chi connectivity index (χ4v) is 3.13. The van der Waals surface area contributed by atoms with Gasteiger partial charge in [0.2, 0.25) is 11.8 Å². The number of aliphatic carboxylic acids is 1. The number of aryl methyl sites for hydroxylation is 1. The van der Waals surface area contributed by atoms with Crippen LogP contribution in [-0.4, -0.2) is 75.8 Å². The molecule has 0 saturated heterocycles. The van der Waals surface area contributed by atoms with Crippen molar-refractivity contribution in [1.29, 1.82) is 0 Å². The number of hydrogen-bond donors (Lipinski definition) is 4. The molecule has 1 rings (SSSR count). The Morgan fingerprint density at radius 2 is 1.88 bits per heavy atom. The Bertz CT molecular complexity index is 1040. The van der Waals surface area contributed by atoms with E-state index in [2.05, 4.69) is 15.6 Å². The number of nitrogens with one attached hydrogen (secondary N) is 3. The normalized spacial score (nSPS) is 12.2. The number of carboxylic acids is 1. The van der Waals surface area contributed by atoms with Gasteiger partial charge >= 0.3 is 11.7 Å². The zero-order valence-corrected chi connectivity index (χ0v) is 20.0. The van der Waals surface area contributed by atoms with Gasteiger partial charge in [0.05, 0.1) is 6.54 Å². The number of carbonyl (C=O) groups is 4. The van der Waals surface area contributed by atoms with Crippen molar-refractivity contribution in [2.45, 2.75) is 52.6 Å². The number of rotatable bonds is 14. The number of H-pyrrole nitrogens is 1. The van der Waals surface area contributed by atoms with E-state index >= 15 is 0 Å². The maximum atomic E-state index is 12.8. The Kier molecular flexibility index (Phi) is 11.6. The number of likely N-dealkylation sites (N-methyl/N-ethyl adjacent to an activating group) is 1. The van der Waals surface area contributed by atoms with Crippen LogP contribution in [-0.2, 0) is 25.7 Å². The molecule has 2 amide bonds. The number of amides is 2. The van der Waals surface area contributed by atoms with E-state index in [1.165, 1.54) is 31.9 Å². The van der Waals surface area contributed by atoms with Gasteiger partial charge in [-0.15, -0.1) is 0 Å². The molecule has 1 atom stereocenters. The zero-order chi connectivity index (χ0) is 25.8. The van der Waals surface area contributed by atoms with E-state index in [1.54, 1.807) is 7.05 Å². The van der Waals surface area contributed by atoms with Crippen molar-refractivity contribution in [3.8, 4) is 0 Å². The molecule has 34 heavy (non-hydrogen) atoms. The molecule has 0 aliphatic carbocycles. The summed E-state index contributed by atoms with van der Waals surface area (Å²) in [5.74, 6) is -2.27. The summed E-state index contributed by atoms with van der Waals surface area (Å²) in [6, 6.07) is -0.137. The number of aromatic nitrogens is 2. The van der Waals surface area contributed by atoms with E-state index in [9.17, 15) is 28.8 Å². The predicted octanol–water partition coefficient (Wildman–Crippen LogP) is -0.832. The minimum Gasteiger partial charge on any atom is -0.478 e. The largest absolute Gasteiger partial charge is 0.478 e. The van der Waals surface area contributed by atoms with E-state index in [4.69, 9.17) is 5.11 Å². The fraction of sp³-hybridized carbons (Fsp3) is 0.545. The third kappa shape index (κ3) is 9.94. The summed E-state index contributed by atoms with van der Waals surface area (Å²) in [6.07, 6.45) is 4.32. The first-order valence-electron chi connectivity index (χ1n) is 10.9. The molecule has 0 spiro atoms. The number of ketones is 1. The van der Waals surface area contributed by atoms with Crippen LogP contribution in [0.1, 0.15) is 38.7 Å². The monoisotopic (exact) mass is 479 g/mol. The lowest BCUT2D eigenvalue weighted by Crippen LogP contribution is -2.46. The predicted molar refractivity (Wildman–Crippen MR) is 124 cm³/mol. The maximum Gasteiger partial charge on any atom is 0.331 e. The molecule has 1 aromatic heterocycles. The molecule has 0 saturated carbocycles. The fourth-order valence-electron chi connectivity index (χ4n) is 3.13. The van der Waals surface area contributed by atoms with Crippen molar-refractivity contribution in [3.05, 3.63) is 44.2 Å². The number of carboxylic acid groups (broad SMARTS) is 1. The molecule has 0 radical (unpaired) electrons. The van der Waals surface area contributed by atoms with Crippen LogP contribution < -0.4 is 21.9 Å². The van der Waals surface area contributed by atoms with Gasteiger partial charge in [0.1, 0.15) is 12.3 Å². The highest BCUT2D eigenvalue weighted by atomic mass is 16.4. The van der Waals surface area contributed by atoms with Gasteiger partial charge in [0.25, 0.3) is 5.56 Å². The molecule has 1 heterocycles. The molecule has 188 valence electrons. The van der Waals surface area contributed by atoms with Crippen LogP contribution >= 0.6 is 0 Å². The molecule has 0 bridgehead atoms.